The fourth-order valence-electron chi connectivity index (χ4n) is 2.76. The molecule has 2 rings (SSSR count). The Hall–Kier alpha value is -0.650. The summed E-state index contributed by atoms with van der Waals surface area (Å²) in [6, 6.07) is -0.265. The molecular weight excluding hydrogens is 232 g/mol. The predicted octanol–water partition coefficient (Wildman–Crippen LogP) is 0.162. The minimum absolute atomic E-state index is 0.105. The lowest BCUT2D eigenvalue weighted by molar-refractivity contribution is -0.132. The number of carbonyl (C=O) groups excluding carboxylic acids is 1. The maximum absolute atomic E-state index is 12.2. The molecule has 1 aliphatic carbocycles. The molecule has 5 nitrogen and oxygen atoms in total. The van der Waals surface area contributed by atoms with Crippen LogP contribution in [-0.2, 0) is 9.53 Å². The first-order chi connectivity index (χ1) is 8.46. The van der Waals surface area contributed by atoms with Gasteiger partial charge in [-0.1, -0.05) is 19.3 Å². The molecule has 1 aliphatic heterocycles. The monoisotopic (exact) mass is 256 g/mol. The minimum Gasteiger partial charge on any atom is -0.388 e. The van der Waals surface area contributed by atoms with E-state index in [0.29, 0.717) is 19.8 Å². The normalized spacial score (nSPS) is 35.4. The molecule has 18 heavy (non-hydrogen) atoms. The van der Waals surface area contributed by atoms with Crippen molar-refractivity contribution in [1.29, 1.82) is 0 Å². The summed E-state index contributed by atoms with van der Waals surface area (Å²) < 4.78 is 5.26. The molecule has 1 heterocycles. The molecule has 104 valence electrons. The number of hydrogen-bond acceptors (Lipinski definition) is 4. The molecule has 1 saturated heterocycles. The molecule has 5 heteroatoms. The van der Waals surface area contributed by atoms with Crippen LogP contribution in [0.15, 0.2) is 0 Å². The number of carbonyl (C=O) groups is 1. The van der Waals surface area contributed by atoms with Gasteiger partial charge in [0.15, 0.2) is 0 Å². The zero-order valence-electron chi connectivity index (χ0n) is 11.1. The lowest BCUT2D eigenvalue weighted by Gasteiger charge is -2.34. The smallest absolute Gasteiger partial charge is 0.230 e. The predicted molar refractivity (Wildman–Crippen MR) is 67.9 cm³/mol. The number of rotatable bonds is 3. The molecule has 0 aromatic rings. The van der Waals surface area contributed by atoms with Crippen molar-refractivity contribution in [1.82, 2.24) is 5.32 Å². The third kappa shape index (κ3) is 2.68. The molecule has 0 aromatic carbocycles. The first kappa shape index (κ1) is 13.8. The molecule has 0 aromatic heterocycles. The topological polar surface area (TPSA) is 84.6 Å². The van der Waals surface area contributed by atoms with Gasteiger partial charge in [-0.25, -0.2) is 0 Å². The molecule has 4 N–H and O–H groups in total. The Labute approximate surface area is 108 Å². The first-order valence-electron chi connectivity index (χ1n) is 6.80. The molecule has 2 fully saturated rings. The summed E-state index contributed by atoms with van der Waals surface area (Å²) in [7, 11) is 0. The van der Waals surface area contributed by atoms with E-state index in [4.69, 9.17) is 10.5 Å². The van der Waals surface area contributed by atoms with Crippen LogP contribution < -0.4 is 11.1 Å². The minimum atomic E-state index is -0.728. The van der Waals surface area contributed by atoms with E-state index in [1.165, 1.54) is 6.42 Å². The van der Waals surface area contributed by atoms with Crippen LogP contribution in [0, 0.1) is 5.41 Å². The Morgan fingerprint density at radius 2 is 2.11 bits per heavy atom. The van der Waals surface area contributed by atoms with Crippen molar-refractivity contribution < 1.29 is 14.6 Å². The molecule has 2 atom stereocenters. The van der Waals surface area contributed by atoms with Gasteiger partial charge in [-0.05, 0) is 19.8 Å². The fourth-order valence-corrected chi connectivity index (χ4v) is 2.76. The Kier molecular flexibility index (Phi) is 3.94. The Balaban J connectivity index is 1.88. The van der Waals surface area contributed by atoms with E-state index in [1.54, 1.807) is 0 Å². The van der Waals surface area contributed by atoms with Crippen LogP contribution in [-0.4, -0.2) is 42.4 Å². The summed E-state index contributed by atoms with van der Waals surface area (Å²) in [6.45, 7) is 2.94. The highest BCUT2D eigenvalue weighted by Gasteiger charge is 2.44. The van der Waals surface area contributed by atoms with Crippen LogP contribution in [0.25, 0.3) is 0 Å². The van der Waals surface area contributed by atoms with E-state index in [9.17, 15) is 9.90 Å². The molecule has 1 amide bonds. The SMILES string of the molecule is CC1(C(=O)NCC2(O)CCCCC2)COCC1N. The van der Waals surface area contributed by atoms with E-state index in [-0.39, 0.29) is 11.9 Å². The molecule has 2 aliphatic rings. The summed E-state index contributed by atoms with van der Waals surface area (Å²) in [5.41, 5.74) is 4.52. The molecule has 1 saturated carbocycles. The van der Waals surface area contributed by atoms with E-state index in [0.717, 1.165) is 25.7 Å². The zero-order valence-corrected chi connectivity index (χ0v) is 11.1. The zero-order chi connectivity index (χ0) is 13.2. The van der Waals surface area contributed by atoms with Crippen molar-refractivity contribution >= 4 is 5.91 Å². The van der Waals surface area contributed by atoms with Crippen LogP contribution in [0.3, 0.4) is 0 Å². The largest absolute Gasteiger partial charge is 0.388 e. The van der Waals surface area contributed by atoms with Crippen molar-refractivity contribution in [3.05, 3.63) is 0 Å². The Morgan fingerprint density at radius 1 is 1.44 bits per heavy atom. The van der Waals surface area contributed by atoms with Crippen LogP contribution >= 0.6 is 0 Å². The fraction of sp³-hybridized carbons (Fsp3) is 0.923. The average molecular weight is 256 g/mol. The summed E-state index contributed by atoms with van der Waals surface area (Å²) in [4.78, 5) is 12.2. The van der Waals surface area contributed by atoms with Crippen molar-refractivity contribution in [2.45, 2.75) is 50.7 Å². The number of hydrogen-bond donors (Lipinski definition) is 3. The first-order valence-corrected chi connectivity index (χ1v) is 6.80. The van der Waals surface area contributed by atoms with E-state index in [1.807, 2.05) is 6.92 Å². The van der Waals surface area contributed by atoms with Crippen LogP contribution in [0.4, 0.5) is 0 Å². The number of nitrogens with one attached hydrogen (secondary N) is 1. The van der Waals surface area contributed by atoms with Crippen molar-refractivity contribution in [2.75, 3.05) is 19.8 Å². The van der Waals surface area contributed by atoms with Gasteiger partial charge in [-0.2, -0.15) is 0 Å². The molecule has 0 spiro atoms. The van der Waals surface area contributed by atoms with Gasteiger partial charge in [0.1, 0.15) is 0 Å². The number of aliphatic hydroxyl groups is 1. The highest BCUT2D eigenvalue weighted by atomic mass is 16.5. The van der Waals surface area contributed by atoms with Crippen molar-refractivity contribution in [3.63, 3.8) is 0 Å². The number of amides is 1. The van der Waals surface area contributed by atoms with Crippen LogP contribution in [0.5, 0.6) is 0 Å². The second kappa shape index (κ2) is 5.15. The third-order valence-electron chi connectivity index (χ3n) is 4.40. The van der Waals surface area contributed by atoms with E-state index in [2.05, 4.69) is 5.32 Å². The van der Waals surface area contributed by atoms with E-state index < -0.39 is 11.0 Å². The third-order valence-corrected chi connectivity index (χ3v) is 4.40. The highest BCUT2D eigenvalue weighted by Crippen LogP contribution is 2.29. The lowest BCUT2D eigenvalue weighted by atomic mass is 9.82. The number of nitrogens with two attached hydrogens (primary N) is 1. The van der Waals surface area contributed by atoms with E-state index >= 15 is 0 Å². The van der Waals surface area contributed by atoms with Crippen molar-refractivity contribution in [2.24, 2.45) is 11.1 Å². The second-order valence-corrected chi connectivity index (χ2v) is 6.01. The Bertz CT molecular complexity index is 315. The summed E-state index contributed by atoms with van der Waals surface area (Å²) in [5.74, 6) is -0.105. The lowest BCUT2D eigenvalue weighted by Crippen LogP contribution is -2.53. The van der Waals surface area contributed by atoms with Gasteiger partial charge in [-0.15, -0.1) is 0 Å². The standard InChI is InChI=1S/C13H24N2O3/c1-12(9-18-7-10(12)14)11(16)15-8-13(17)5-3-2-4-6-13/h10,17H,2-9,14H2,1H3,(H,15,16). The van der Waals surface area contributed by atoms with Gasteiger partial charge in [0.25, 0.3) is 0 Å². The van der Waals surface area contributed by atoms with Crippen LogP contribution in [0.2, 0.25) is 0 Å². The highest BCUT2D eigenvalue weighted by molar-refractivity contribution is 5.83. The molecule has 0 radical (unpaired) electrons. The summed E-state index contributed by atoms with van der Waals surface area (Å²) in [6.07, 6.45) is 4.78. The maximum Gasteiger partial charge on any atom is 0.230 e. The number of ether oxygens (including phenoxy) is 1. The molecule has 0 bridgehead atoms. The van der Waals surface area contributed by atoms with Crippen LogP contribution in [0.1, 0.15) is 39.0 Å². The molecular formula is C13H24N2O3. The quantitative estimate of drug-likeness (QED) is 0.671. The van der Waals surface area contributed by atoms with Crippen molar-refractivity contribution in [3.8, 4) is 0 Å². The van der Waals surface area contributed by atoms with Gasteiger partial charge in [0, 0.05) is 12.6 Å². The van der Waals surface area contributed by atoms with Gasteiger partial charge in [0.05, 0.1) is 24.2 Å². The van der Waals surface area contributed by atoms with Gasteiger partial charge >= 0.3 is 0 Å². The summed E-state index contributed by atoms with van der Waals surface area (Å²) >= 11 is 0. The van der Waals surface area contributed by atoms with Gasteiger partial charge in [0.2, 0.25) is 5.91 Å². The molecule has 2 unspecified atom stereocenters. The van der Waals surface area contributed by atoms with Gasteiger partial charge < -0.3 is 20.9 Å². The maximum atomic E-state index is 12.2. The van der Waals surface area contributed by atoms with Gasteiger partial charge in [-0.3, -0.25) is 4.79 Å². The average Bonchev–Trinajstić information content (AvgIpc) is 2.69. The summed E-state index contributed by atoms with van der Waals surface area (Å²) in [5, 5.41) is 13.2. The second-order valence-electron chi connectivity index (χ2n) is 6.01. The Morgan fingerprint density at radius 3 is 2.67 bits per heavy atom.